The third-order valence-corrected chi connectivity index (χ3v) is 4.60. The molecule has 2 heterocycles. The molecule has 0 aliphatic carbocycles. The van der Waals surface area contributed by atoms with Gasteiger partial charge in [-0.25, -0.2) is 0 Å². The lowest BCUT2D eigenvalue weighted by molar-refractivity contribution is 0.0929. The van der Waals surface area contributed by atoms with Gasteiger partial charge in [0.2, 0.25) is 0 Å². The molecule has 0 spiro atoms. The van der Waals surface area contributed by atoms with Crippen LogP contribution in [0.3, 0.4) is 0 Å². The Morgan fingerprint density at radius 3 is 2.62 bits per heavy atom. The lowest BCUT2D eigenvalue weighted by Gasteiger charge is -2.04. The average Bonchev–Trinajstić information content (AvgIpc) is 3.10. The van der Waals surface area contributed by atoms with E-state index in [1.165, 1.54) is 11.1 Å². The number of hydrogen-bond acceptors (Lipinski definition) is 3. The summed E-state index contributed by atoms with van der Waals surface area (Å²) in [6.07, 6.45) is 0.787. The number of para-hydroxylation sites is 1. The van der Waals surface area contributed by atoms with Crippen LogP contribution < -0.4 is 5.32 Å². The number of nitrogens with zero attached hydrogens (tertiary/aromatic N) is 1. The smallest absolute Gasteiger partial charge is 0.287 e. The molecule has 0 radical (unpaired) electrons. The molecule has 0 saturated carbocycles. The van der Waals surface area contributed by atoms with Gasteiger partial charge in [0.15, 0.2) is 5.76 Å². The van der Waals surface area contributed by atoms with E-state index in [-0.39, 0.29) is 5.91 Å². The lowest BCUT2D eigenvalue weighted by atomic mass is 10.1. The van der Waals surface area contributed by atoms with Gasteiger partial charge in [-0.2, -0.15) is 0 Å². The fraction of sp³-hybridized carbons (Fsp3) is 0.182. The zero-order chi connectivity index (χ0) is 18.1. The minimum Gasteiger partial charge on any atom is -0.450 e. The normalized spacial score (nSPS) is 11.2. The van der Waals surface area contributed by atoms with Crippen molar-refractivity contribution in [3.8, 4) is 0 Å². The third kappa shape index (κ3) is 3.06. The number of pyridine rings is 1. The number of benzene rings is 2. The van der Waals surface area contributed by atoms with Crippen molar-refractivity contribution in [1.29, 1.82) is 0 Å². The number of aryl methyl sites for hydroxylation is 2. The summed E-state index contributed by atoms with van der Waals surface area (Å²) >= 11 is 0. The maximum absolute atomic E-state index is 12.5. The highest BCUT2D eigenvalue weighted by atomic mass is 16.3. The minimum atomic E-state index is -0.197. The van der Waals surface area contributed by atoms with Crippen LogP contribution in [0.2, 0.25) is 0 Å². The van der Waals surface area contributed by atoms with Gasteiger partial charge >= 0.3 is 0 Å². The zero-order valence-electron chi connectivity index (χ0n) is 14.9. The summed E-state index contributed by atoms with van der Waals surface area (Å²) in [5, 5.41) is 4.74. The van der Waals surface area contributed by atoms with Gasteiger partial charge in [-0.3, -0.25) is 9.78 Å². The van der Waals surface area contributed by atoms with Crippen LogP contribution in [-0.4, -0.2) is 17.4 Å². The predicted molar refractivity (Wildman–Crippen MR) is 103 cm³/mol. The molecule has 0 aliphatic rings. The molecular weight excluding hydrogens is 324 g/mol. The number of furan rings is 1. The van der Waals surface area contributed by atoms with Crippen molar-refractivity contribution in [1.82, 2.24) is 10.3 Å². The molecule has 4 rings (SSSR count). The van der Waals surface area contributed by atoms with Gasteiger partial charge in [-0.05, 0) is 44.0 Å². The number of rotatable bonds is 4. The summed E-state index contributed by atoms with van der Waals surface area (Å²) in [6, 6.07) is 17.9. The maximum Gasteiger partial charge on any atom is 0.287 e. The van der Waals surface area contributed by atoms with E-state index in [1.807, 2.05) is 31.2 Å². The first-order valence-corrected chi connectivity index (χ1v) is 8.74. The quantitative estimate of drug-likeness (QED) is 0.590. The minimum absolute atomic E-state index is 0.197. The fourth-order valence-corrected chi connectivity index (χ4v) is 3.14. The molecule has 0 aliphatic heterocycles. The standard InChI is InChI=1S/C22H20N2O2/c1-14-7-9-16(10-8-14)11-12-23-22(25)20-13-18-15(2)24-19-6-4-3-5-17(19)21(18)26-20/h3-10,13H,11-12H2,1-2H3,(H,23,25). The Bertz CT molecular complexity index is 1090. The van der Waals surface area contributed by atoms with E-state index < -0.39 is 0 Å². The van der Waals surface area contributed by atoms with E-state index in [1.54, 1.807) is 6.07 Å². The second-order valence-electron chi connectivity index (χ2n) is 6.56. The monoisotopic (exact) mass is 344 g/mol. The largest absolute Gasteiger partial charge is 0.450 e. The molecular formula is C22H20N2O2. The summed E-state index contributed by atoms with van der Waals surface area (Å²) in [6.45, 7) is 4.56. The van der Waals surface area contributed by atoms with Crippen molar-refractivity contribution < 1.29 is 9.21 Å². The molecule has 0 saturated heterocycles. The molecule has 26 heavy (non-hydrogen) atoms. The van der Waals surface area contributed by atoms with E-state index in [9.17, 15) is 4.79 Å². The molecule has 4 heteroatoms. The highest BCUT2D eigenvalue weighted by Crippen LogP contribution is 2.29. The van der Waals surface area contributed by atoms with E-state index in [0.29, 0.717) is 12.3 Å². The van der Waals surface area contributed by atoms with Crippen LogP contribution in [0.4, 0.5) is 0 Å². The summed E-state index contributed by atoms with van der Waals surface area (Å²) < 4.78 is 5.89. The Labute approximate surface area is 151 Å². The molecule has 1 N–H and O–H groups in total. The summed E-state index contributed by atoms with van der Waals surface area (Å²) in [5.74, 6) is 0.127. The number of amides is 1. The molecule has 1 amide bonds. The molecule has 4 nitrogen and oxygen atoms in total. The molecule has 130 valence electrons. The second kappa shape index (κ2) is 6.64. The number of fused-ring (bicyclic) bond motifs is 3. The summed E-state index contributed by atoms with van der Waals surface area (Å²) in [5.41, 5.74) is 4.89. The van der Waals surface area contributed by atoms with Gasteiger partial charge in [-0.1, -0.05) is 42.0 Å². The van der Waals surface area contributed by atoms with E-state index in [4.69, 9.17) is 4.42 Å². The van der Waals surface area contributed by atoms with Crippen molar-refractivity contribution in [3.05, 3.63) is 77.2 Å². The van der Waals surface area contributed by atoms with Gasteiger partial charge in [0.05, 0.1) is 5.52 Å². The van der Waals surface area contributed by atoms with E-state index >= 15 is 0 Å². The first-order chi connectivity index (χ1) is 12.6. The Morgan fingerprint density at radius 2 is 1.81 bits per heavy atom. The highest BCUT2D eigenvalue weighted by molar-refractivity contribution is 6.06. The molecule has 2 aromatic carbocycles. The van der Waals surface area contributed by atoms with Crippen LogP contribution in [0.5, 0.6) is 0 Å². The Morgan fingerprint density at radius 1 is 1.04 bits per heavy atom. The summed E-state index contributed by atoms with van der Waals surface area (Å²) in [7, 11) is 0. The number of nitrogens with one attached hydrogen (secondary N) is 1. The molecule has 0 bridgehead atoms. The SMILES string of the molecule is Cc1ccc(CCNC(=O)c2cc3c(C)nc4ccccc4c3o2)cc1. The van der Waals surface area contributed by atoms with Gasteiger partial charge in [0.25, 0.3) is 5.91 Å². The van der Waals surface area contributed by atoms with Crippen molar-refractivity contribution >= 4 is 27.8 Å². The highest BCUT2D eigenvalue weighted by Gasteiger charge is 2.16. The lowest BCUT2D eigenvalue weighted by Crippen LogP contribution is -2.25. The Balaban J connectivity index is 1.54. The van der Waals surface area contributed by atoms with Crippen LogP contribution >= 0.6 is 0 Å². The van der Waals surface area contributed by atoms with Crippen LogP contribution in [0.15, 0.2) is 59.0 Å². The second-order valence-corrected chi connectivity index (χ2v) is 6.56. The molecule has 2 aromatic heterocycles. The number of carbonyl (C=O) groups excluding carboxylic acids is 1. The first kappa shape index (κ1) is 16.3. The molecule has 0 unspecified atom stereocenters. The predicted octanol–water partition coefficient (Wildman–Crippen LogP) is 4.57. The van der Waals surface area contributed by atoms with Gasteiger partial charge < -0.3 is 9.73 Å². The number of carbonyl (C=O) groups is 1. The Hall–Kier alpha value is -3.14. The fourth-order valence-electron chi connectivity index (χ4n) is 3.14. The van der Waals surface area contributed by atoms with E-state index in [0.717, 1.165) is 34.0 Å². The van der Waals surface area contributed by atoms with Crippen LogP contribution in [0, 0.1) is 13.8 Å². The van der Waals surface area contributed by atoms with Crippen LogP contribution in [0.1, 0.15) is 27.4 Å². The van der Waals surface area contributed by atoms with Crippen LogP contribution in [0.25, 0.3) is 21.9 Å². The number of aromatic nitrogens is 1. The van der Waals surface area contributed by atoms with E-state index in [2.05, 4.69) is 41.5 Å². The molecule has 4 aromatic rings. The van der Waals surface area contributed by atoms with Crippen molar-refractivity contribution in [2.24, 2.45) is 0 Å². The van der Waals surface area contributed by atoms with Crippen molar-refractivity contribution in [2.75, 3.05) is 6.54 Å². The summed E-state index contributed by atoms with van der Waals surface area (Å²) in [4.78, 5) is 17.1. The molecule has 0 atom stereocenters. The third-order valence-electron chi connectivity index (χ3n) is 4.60. The topological polar surface area (TPSA) is 55.1 Å². The first-order valence-electron chi connectivity index (χ1n) is 8.74. The average molecular weight is 344 g/mol. The van der Waals surface area contributed by atoms with Gasteiger partial charge in [-0.15, -0.1) is 0 Å². The maximum atomic E-state index is 12.5. The van der Waals surface area contributed by atoms with Gasteiger partial charge in [0, 0.05) is 23.0 Å². The molecule has 0 fully saturated rings. The Kier molecular flexibility index (Phi) is 4.17. The zero-order valence-corrected chi connectivity index (χ0v) is 14.9. The number of hydrogen-bond donors (Lipinski definition) is 1. The van der Waals surface area contributed by atoms with Crippen LogP contribution in [-0.2, 0) is 6.42 Å². The van der Waals surface area contributed by atoms with Crippen molar-refractivity contribution in [2.45, 2.75) is 20.3 Å². The van der Waals surface area contributed by atoms with Gasteiger partial charge in [0.1, 0.15) is 5.58 Å². The van der Waals surface area contributed by atoms with Crippen molar-refractivity contribution in [3.63, 3.8) is 0 Å².